The summed E-state index contributed by atoms with van der Waals surface area (Å²) in [4.78, 5) is 11.3. The van der Waals surface area contributed by atoms with E-state index in [0.29, 0.717) is 21.7 Å². The molecule has 0 saturated heterocycles. The summed E-state index contributed by atoms with van der Waals surface area (Å²) < 4.78 is 2.25. The van der Waals surface area contributed by atoms with E-state index < -0.39 is 5.97 Å². The first-order valence-electron chi connectivity index (χ1n) is 5.61. The number of fused-ring (bicyclic) bond motifs is 1. The van der Waals surface area contributed by atoms with Crippen LogP contribution in [0.3, 0.4) is 0 Å². The molecule has 0 aliphatic rings. The second-order valence-electron chi connectivity index (χ2n) is 4.08. The summed E-state index contributed by atoms with van der Waals surface area (Å²) in [7, 11) is 0. The molecule has 1 aromatic heterocycles. The average Bonchev–Trinajstić information content (AvgIpc) is 2.85. The van der Waals surface area contributed by atoms with Crippen LogP contribution in [-0.4, -0.2) is 26.1 Å². The SMILES string of the molecule is O=C(O)c1cccc2nnn(-c3cc(Br)ccc3Cl)c12. The Kier molecular flexibility index (Phi) is 3.19. The van der Waals surface area contributed by atoms with E-state index in [2.05, 4.69) is 26.2 Å². The van der Waals surface area contributed by atoms with Gasteiger partial charge in [-0.05, 0) is 30.3 Å². The monoisotopic (exact) mass is 351 g/mol. The van der Waals surface area contributed by atoms with Crippen molar-refractivity contribution in [2.45, 2.75) is 0 Å². The predicted molar refractivity (Wildman–Crippen MR) is 78.5 cm³/mol. The van der Waals surface area contributed by atoms with Crippen LogP contribution in [-0.2, 0) is 0 Å². The number of rotatable bonds is 2. The van der Waals surface area contributed by atoms with Gasteiger partial charge in [0.05, 0.1) is 16.3 Å². The van der Waals surface area contributed by atoms with Crippen molar-refractivity contribution in [3.8, 4) is 5.69 Å². The Labute approximate surface area is 126 Å². The molecular formula is C13H7BrClN3O2. The summed E-state index contributed by atoms with van der Waals surface area (Å²) in [5.74, 6) is -1.04. The van der Waals surface area contributed by atoms with Gasteiger partial charge in [-0.15, -0.1) is 5.10 Å². The normalized spacial score (nSPS) is 10.9. The summed E-state index contributed by atoms with van der Waals surface area (Å²) in [6, 6.07) is 10.1. The van der Waals surface area contributed by atoms with Crippen molar-refractivity contribution < 1.29 is 9.90 Å². The number of carboxylic acids is 1. The van der Waals surface area contributed by atoms with Crippen molar-refractivity contribution in [3.63, 3.8) is 0 Å². The van der Waals surface area contributed by atoms with E-state index in [0.717, 1.165) is 4.47 Å². The molecule has 1 N–H and O–H groups in total. The number of hydrogen-bond donors (Lipinski definition) is 1. The minimum atomic E-state index is -1.04. The van der Waals surface area contributed by atoms with E-state index >= 15 is 0 Å². The molecule has 2 aromatic carbocycles. The zero-order valence-electron chi connectivity index (χ0n) is 9.92. The van der Waals surface area contributed by atoms with Crippen LogP contribution in [0.25, 0.3) is 16.7 Å². The quantitative estimate of drug-likeness (QED) is 0.766. The molecule has 0 bridgehead atoms. The molecular weight excluding hydrogens is 346 g/mol. The molecule has 0 aliphatic heterocycles. The van der Waals surface area contributed by atoms with Gasteiger partial charge < -0.3 is 5.11 Å². The zero-order valence-corrected chi connectivity index (χ0v) is 12.3. The maximum atomic E-state index is 11.3. The summed E-state index contributed by atoms with van der Waals surface area (Å²) in [5, 5.41) is 17.7. The molecule has 0 atom stereocenters. The Morgan fingerprint density at radius 1 is 1.30 bits per heavy atom. The third kappa shape index (κ3) is 2.07. The largest absolute Gasteiger partial charge is 0.478 e. The lowest BCUT2D eigenvalue weighted by atomic mass is 10.2. The molecule has 7 heteroatoms. The maximum absolute atomic E-state index is 11.3. The molecule has 0 spiro atoms. The number of carbonyl (C=O) groups is 1. The van der Waals surface area contributed by atoms with Gasteiger partial charge in [0.2, 0.25) is 0 Å². The smallest absolute Gasteiger partial charge is 0.337 e. The van der Waals surface area contributed by atoms with E-state index in [-0.39, 0.29) is 5.56 Å². The highest BCUT2D eigenvalue weighted by Crippen LogP contribution is 2.28. The highest BCUT2D eigenvalue weighted by Gasteiger charge is 2.17. The van der Waals surface area contributed by atoms with E-state index in [4.69, 9.17) is 11.6 Å². The zero-order chi connectivity index (χ0) is 14.3. The summed E-state index contributed by atoms with van der Waals surface area (Å²) in [6.45, 7) is 0. The van der Waals surface area contributed by atoms with Crippen LogP contribution in [0, 0.1) is 0 Å². The second-order valence-corrected chi connectivity index (χ2v) is 5.40. The third-order valence-electron chi connectivity index (χ3n) is 2.84. The Morgan fingerprint density at radius 3 is 2.85 bits per heavy atom. The second kappa shape index (κ2) is 4.88. The number of para-hydroxylation sites is 1. The average molecular weight is 353 g/mol. The van der Waals surface area contributed by atoms with Crippen LogP contribution < -0.4 is 0 Å². The number of hydrogen-bond acceptors (Lipinski definition) is 3. The molecule has 5 nitrogen and oxygen atoms in total. The minimum Gasteiger partial charge on any atom is -0.478 e. The number of carboxylic acid groups (broad SMARTS) is 1. The van der Waals surface area contributed by atoms with Crippen LogP contribution in [0.1, 0.15) is 10.4 Å². The molecule has 100 valence electrons. The van der Waals surface area contributed by atoms with Gasteiger partial charge in [-0.1, -0.05) is 38.8 Å². The number of nitrogens with zero attached hydrogens (tertiary/aromatic N) is 3. The van der Waals surface area contributed by atoms with E-state index in [1.165, 1.54) is 10.7 Å². The van der Waals surface area contributed by atoms with Crippen LogP contribution in [0.2, 0.25) is 5.02 Å². The van der Waals surface area contributed by atoms with Gasteiger partial charge in [-0.3, -0.25) is 0 Å². The molecule has 20 heavy (non-hydrogen) atoms. The Morgan fingerprint density at radius 2 is 2.10 bits per heavy atom. The highest BCUT2D eigenvalue weighted by atomic mass is 79.9. The van der Waals surface area contributed by atoms with E-state index in [9.17, 15) is 9.90 Å². The topological polar surface area (TPSA) is 68.0 Å². The number of halogens is 2. The van der Waals surface area contributed by atoms with Crippen molar-refractivity contribution >= 4 is 44.5 Å². The molecule has 0 fully saturated rings. The van der Waals surface area contributed by atoms with Crippen molar-refractivity contribution in [1.82, 2.24) is 15.0 Å². The molecule has 0 unspecified atom stereocenters. The lowest BCUT2D eigenvalue weighted by Crippen LogP contribution is -2.04. The predicted octanol–water partition coefficient (Wildman–Crippen LogP) is 3.53. The standard InChI is InChI=1S/C13H7BrClN3O2/c14-7-4-5-9(15)11(6-7)18-12-8(13(19)20)2-1-3-10(12)16-17-18/h1-6H,(H,19,20). The summed E-state index contributed by atoms with van der Waals surface area (Å²) in [6.07, 6.45) is 0. The van der Waals surface area contributed by atoms with Gasteiger partial charge in [0.1, 0.15) is 11.0 Å². The lowest BCUT2D eigenvalue weighted by Gasteiger charge is -2.07. The van der Waals surface area contributed by atoms with Crippen molar-refractivity contribution in [2.24, 2.45) is 0 Å². The molecule has 3 aromatic rings. The molecule has 0 radical (unpaired) electrons. The number of aromatic carboxylic acids is 1. The fourth-order valence-electron chi connectivity index (χ4n) is 1.96. The number of aromatic nitrogens is 3. The van der Waals surface area contributed by atoms with E-state index in [1.807, 2.05) is 0 Å². The fourth-order valence-corrected chi connectivity index (χ4v) is 2.51. The van der Waals surface area contributed by atoms with Gasteiger partial charge in [-0.25, -0.2) is 9.48 Å². The Bertz CT molecular complexity index is 832. The van der Waals surface area contributed by atoms with Crippen molar-refractivity contribution in [2.75, 3.05) is 0 Å². The fraction of sp³-hybridized carbons (Fsp3) is 0. The molecule has 0 amide bonds. The molecule has 0 saturated carbocycles. The summed E-state index contributed by atoms with van der Waals surface area (Å²) in [5.41, 5.74) is 1.61. The van der Waals surface area contributed by atoms with E-state index in [1.54, 1.807) is 30.3 Å². The molecule has 0 aliphatic carbocycles. The third-order valence-corrected chi connectivity index (χ3v) is 3.65. The van der Waals surface area contributed by atoms with Crippen LogP contribution in [0.15, 0.2) is 40.9 Å². The Hall–Kier alpha value is -1.92. The number of benzene rings is 2. The van der Waals surface area contributed by atoms with Gasteiger partial charge in [0.25, 0.3) is 0 Å². The van der Waals surface area contributed by atoms with Crippen LogP contribution >= 0.6 is 27.5 Å². The molecule has 1 heterocycles. The van der Waals surface area contributed by atoms with Gasteiger partial charge in [-0.2, -0.15) is 0 Å². The van der Waals surface area contributed by atoms with Crippen molar-refractivity contribution in [1.29, 1.82) is 0 Å². The first kappa shape index (κ1) is 13.1. The van der Waals surface area contributed by atoms with Crippen molar-refractivity contribution in [3.05, 3.63) is 51.5 Å². The minimum absolute atomic E-state index is 0.128. The summed E-state index contributed by atoms with van der Waals surface area (Å²) >= 11 is 9.52. The highest BCUT2D eigenvalue weighted by molar-refractivity contribution is 9.10. The van der Waals surface area contributed by atoms with Crippen LogP contribution in [0.4, 0.5) is 0 Å². The van der Waals surface area contributed by atoms with Crippen LogP contribution in [0.5, 0.6) is 0 Å². The maximum Gasteiger partial charge on any atom is 0.337 e. The van der Waals surface area contributed by atoms with Gasteiger partial charge >= 0.3 is 5.97 Å². The first-order valence-corrected chi connectivity index (χ1v) is 6.78. The Balaban J connectivity index is 2.37. The lowest BCUT2D eigenvalue weighted by molar-refractivity contribution is 0.0698. The molecule has 3 rings (SSSR count). The van der Waals surface area contributed by atoms with Gasteiger partial charge in [0, 0.05) is 4.47 Å². The van der Waals surface area contributed by atoms with Gasteiger partial charge in [0.15, 0.2) is 0 Å². The first-order chi connectivity index (χ1) is 9.58.